The van der Waals surface area contributed by atoms with Crippen LogP contribution >= 0.6 is 22.6 Å². The summed E-state index contributed by atoms with van der Waals surface area (Å²) in [5.41, 5.74) is 3.24. The number of nitrogens with one attached hydrogen (secondary N) is 1. The fraction of sp³-hybridized carbons (Fsp3) is 0.0667. The average Bonchev–Trinajstić information content (AvgIpc) is 2.66. The van der Waals surface area contributed by atoms with Gasteiger partial charge in [-0.1, -0.05) is 12.1 Å². The van der Waals surface area contributed by atoms with Crippen molar-refractivity contribution in [3.8, 4) is 0 Å². The summed E-state index contributed by atoms with van der Waals surface area (Å²) < 4.78 is 1.11. The Kier molecular flexibility index (Phi) is 3.78. The van der Waals surface area contributed by atoms with Gasteiger partial charge < -0.3 is 5.32 Å². The van der Waals surface area contributed by atoms with Gasteiger partial charge in [0.1, 0.15) is 12.2 Å². The van der Waals surface area contributed by atoms with Crippen molar-refractivity contribution in [1.29, 1.82) is 0 Å². The molecule has 2 aromatic rings. The number of fused-ring (bicyclic) bond motifs is 1. The van der Waals surface area contributed by atoms with E-state index in [9.17, 15) is 9.70 Å². The molecule has 1 heterocycles. The quantitative estimate of drug-likeness (QED) is 0.629. The van der Waals surface area contributed by atoms with Gasteiger partial charge in [0.15, 0.2) is 0 Å². The van der Waals surface area contributed by atoms with Crippen molar-refractivity contribution >= 4 is 45.6 Å². The maximum atomic E-state index is 11.7. The van der Waals surface area contributed by atoms with Gasteiger partial charge in [0.25, 0.3) is 0 Å². The number of carbonyl (C=O) groups is 1. The monoisotopic (exact) mass is 391 g/mol. The van der Waals surface area contributed by atoms with Crippen LogP contribution < -0.4 is 5.32 Å². The minimum absolute atomic E-state index is 0.0554. The van der Waals surface area contributed by atoms with E-state index in [1.54, 1.807) is 18.2 Å². The summed E-state index contributed by atoms with van der Waals surface area (Å²) in [6.45, 7) is 0.0554. The molecule has 2 aromatic carbocycles. The molecule has 3 rings (SSSR count). The zero-order valence-corrected chi connectivity index (χ0v) is 13.0. The van der Waals surface area contributed by atoms with Crippen molar-refractivity contribution in [2.45, 2.75) is 0 Å². The van der Waals surface area contributed by atoms with Gasteiger partial charge in [0.05, 0.1) is 11.4 Å². The van der Waals surface area contributed by atoms with E-state index in [0.29, 0.717) is 22.6 Å². The molecule has 6 heteroatoms. The maximum absolute atomic E-state index is 11.7. The van der Waals surface area contributed by atoms with Crippen molar-refractivity contribution in [2.75, 3.05) is 11.9 Å². The molecular weight excluding hydrogens is 381 g/mol. The van der Waals surface area contributed by atoms with Crippen molar-refractivity contribution < 1.29 is 4.79 Å². The topological polar surface area (TPSA) is 70.9 Å². The van der Waals surface area contributed by atoms with Gasteiger partial charge in [-0.2, -0.15) is 0 Å². The van der Waals surface area contributed by atoms with Gasteiger partial charge in [0, 0.05) is 14.7 Å². The third kappa shape index (κ3) is 2.85. The Labute approximate surface area is 134 Å². The molecule has 1 aliphatic rings. The Hall–Kier alpha value is -2.09. The third-order valence-electron chi connectivity index (χ3n) is 3.14. The average molecular weight is 391 g/mol. The minimum atomic E-state index is -0.177. The lowest BCUT2D eigenvalue weighted by Gasteiger charge is -2.10. The van der Waals surface area contributed by atoms with Crippen LogP contribution in [0.15, 0.2) is 52.6 Å². The van der Waals surface area contributed by atoms with Crippen LogP contribution in [0.2, 0.25) is 0 Å². The number of benzene rings is 2. The first kappa shape index (κ1) is 13.9. The molecule has 0 fully saturated rings. The molecule has 0 saturated carbocycles. The predicted octanol–water partition coefficient (Wildman–Crippen LogP) is 3.48. The van der Waals surface area contributed by atoms with E-state index in [2.05, 4.69) is 38.1 Å². The van der Waals surface area contributed by atoms with E-state index in [-0.39, 0.29) is 12.5 Å². The molecule has 21 heavy (non-hydrogen) atoms. The van der Waals surface area contributed by atoms with Crippen LogP contribution in [0.3, 0.4) is 0 Å². The molecule has 104 valence electrons. The number of anilines is 1. The molecule has 0 saturated heterocycles. The molecule has 0 atom stereocenters. The molecular formula is C15H10IN3O2. The molecule has 0 aliphatic carbocycles. The number of nitroso groups, excluding NO2 is 1. The molecule has 1 N–H and O–H groups in total. The first-order chi connectivity index (χ1) is 10.2. The number of carbonyl (C=O) groups excluding carboxylic acids is 1. The molecule has 0 spiro atoms. The van der Waals surface area contributed by atoms with E-state index in [1.165, 1.54) is 0 Å². The van der Waals surface area contributed by atoms with Crippen molar-refractivity contribution in [2.24, 2.45) is 10.2 Å². The number of hydrogen-bond donors (Lipinski definition) is 1. The highest BCUT2D eigenvalue weighted by atomic mass is 127. The number of amides is 1. The number of aliphatic imine (C=N–C) groups is 1. The van der Waals surface area contributed by atoms with Crippen LogP contribution in [0.5, 0.6) is 0 Å². The van der Waals surface area contributed by atoms with Gasteiger partial charge in [-0.15, -0.1) is 4.91 Å². The van der Waals surface area contributed by atoms with Crippen LogP contribution in [0, 0.1) is 8.48 Å². The van der Waals surface area contributed by atoms with Crippen LogP contribution in [-0.4, -0.2) is 18.2 Å². The second-order valence-corrected chi connectivity index (χ2v) is 5.79. The lowest BCUT2D eigenvalue weighted by Crippen LogP contribution is -2.13. The molecule has 1 aliphatic heterocycles. The fourth-order valence-electron chi connectivity index (χ4n) is 2.17. The first-order valence-corrected chi connectivity index (χ1v) is 7.33. The van der Waals surface area contributed by atoms with Crippen LogP contribution in [0.25, 0.3) is 0 Å². The second kappa shape index (κ2) is 5.72. The fourth-order valence-corrected chi connectivity index (χ4v) is 2.53. The highest BCUT2D eigenvalue weighted by Gasteiger charge is 2.18. The largest absolute Gasteiger partial charge is 0.324 e. The van der Waals surface area contributed by atoms with Crippen LogP contribution in [0.4, 0.5) is 11.4 Å². The minimum Gasteiger partial charge on any atom is -0.324 e. The van der Waals surface area contributed by atoms with E-state index >= 15 is 0 Å². The summed E-state index contributed by atoms with van der Waals surface area (Å²) in [6.07, 6.45) is 0. The highest BCUT2D eigenvalue weighted by Crippen LogP contribution is 2.27. The van der Waals surface area contributed by atoms with Gasteiger partial charge >= 0.3 is 0 Å². The summed E-state index contributed by atoms with van der Waals surface area (Å²) in [5, 5.41) is 5.74. The predicted molar refractivity (Wildman–Crippen MR) is 90.2 cm³/mol. The van der Waals surface area contributed by atoms with E-state index < -0.39 is 0 Å². The van der Waals surface area contributed by atoms with Gasteiger partial charge in [-0.25, -0.2) is 0 Å². The Morgan fingerprint density at radius 2 is 1.90 bits per heavy atom. The molecule has 0 aromatic heterocycles. The summed E-state index contributed by atoms with van der Waals surface area (Å²) in [4.78, 5) is 26.9. The van der Waals surface area contributed by atoms with Gasteiger partial charge in [0.2, 0.25) is 5.91 Å². The SMILES string of the molecule is O=Nc1ccc2c(c1)C(c1ccc(I)cc1)=NCC(=O)N2. The summed E-state index contributed by atoms with van der Waals surface area (Å²) in [7, 11) is 0. The number of benzodiazepines with no additional fused rings is 1. The molecule has 0 radical (unpaired) electrons. The molecule has 0 bridgehead atoms. The number of nitrogens with zero attached hydrogens (tertiary/aromatic N) is 2. The van der Waals surface area contributed by atoms with Crippen molar-refractivity contribution in [3.63, 3.8) is 0 Å². The number of hydrogen-bond acceptors (Lipinski definition) is 4. The first-order valence-electron chi connectivity index (χ1n) is 6.25. The Balaban J connectivity index is 2.18. The van der Waals surface area contributed by atoms with Crippen molar-refractivity contribution in [1.82, 2.24) is 0 Å². The summed E-state index contributed by atoms with van der Waals surface area (Å²) in [5.74, 6) is -0.177. The number of rotatable bonds is 2. The number of halogens is 1. The highest BCUT2D eigenvalue weighted by molar-refractivity contribution is 14.1. The van der Waals surface area contributed by atoms with E-state index in [4.69, 9.17) is 0 Å². The lowest BCUT2D eigenvalue weighted by atomic mass is 10.00. The zero-order chi connectivity index (χ0) is 14.8. The standard InChI is InChI=1S/C15H10IN3O2/c16-10-3-1-9(2-4-10)15-12-7-11(19-21)5-6-13(12)18-14(20)8-17-15/h1-7H,8H2,(H,18,20). The summed E-state index contributed by atoms with van der Waals surface area (Å²) >= 11 is 2.23. The van der Waals surface area contributed by atoms with E-state index in [0.717, 1.165) is 9.13 Å². The van der Waals surface area contributed by atoms with Gasteiger partial charge in [-0.3, -0.25) is 9.79 Å². The van der Waals surface area contributed by atoms with Gasteiger partial charge in [-0.05, 0) is 58.1 Å². The Morgan fingerprint density at radius 1 is 1.14 bits per heavy atom. The molecule has 5 nitrogen and oxygen atoms in total. The van der Waals surface area contributed by atoms with E-state index in [1.807, 2.05) is 24.3 Å². The Bertz CT molecular complexity index is 754. The molecule has 0 unspecified atom stereocenters. The smallest absolute Gasteiger partial charge is 0.246 e. The van der Waals surface area contributed by atoms with Crippen LogP contribution in [0.1, 0.15) is 11.1 Å². The second-order valence-electron chi connectivity index (χ2n) is 4.54. The molecule has 1 amide bonds. The maximum Gasteiger partial charge on any atom is 0.246 e. The normalized spacial score (nSPS) is 13.8. The Morgan fingerprint density at radius 3 is 2.62 bits per heavy atom. The lowest BCUT2D eigenvalue weighted by molar-refractivity contribution is -0.114. The van der Waals surface area contributed by atoms with Crippen LogP contribution in [-0.2, 0) is 4.79 Å². The third-order valence-corrected chi connectivity index (χ3v) is 3.86. The zero-order valence-electron chi connectivity index (χ0n) is 10.8. The van der Waals surface area contributed by atoms with Crippen molar-refractivity contribution in [3.05, 3.63) is 62.1 Å². The summed E-state index contributed by atoms with van der Waals surface area (Å²) in [6, 6.07) is 12.7.